The van der Waals surface area contributed by atoms with E-state index in [0.717, 1.165) is 0 Å². The number of halogens is 1. The predicted octanol–water partition coefficient (Wildman–Crippen LogP) is 2.73. The number of primary amides is 1. The summed E-state index contributed by atoms with van der Waals surface area (Å²) in [5.74, 6) is -0.310. The van der Waals surface area contributed by atoms with Gasteiger partial charge in [-0.1, -0.05) is 11.6 Å². The van der Waals surface area contributed by atoms with Crippen LogP contribution in [0.15, 0.2) is 36.4 Å². The van der Waals surface area contributed by atoms with Crippen LogP contribution in [0.1, 0.15) is 34.3 Å². The Labute approximate surface area is 172 Å². The highest BCUT2D eigenvalue weighted by Crippen LogP contribution is 2.35. The van der Waals surface area contributed by atoms with Gasteiger partial charge < -0.3 is 16.0 Å². The third-order valence-electron chi connectivity index (χ3n) is 4.69. The highest BCUT2D eigenvalue weighted by molar-refractivity contribution is 6.39. The summed E-state index contributed by atoms with van der Waals surface area (Å²) < 4.78 is 0. The summed E-state index contributed by atoms with van der Waals surface area (Å²) >= 11 is 6.09. The Kier molecular flexibility index (Phi) is 5.82. The maximum atomic E-state index is 13.3. The molecule has 7 nitrogen and oxygen atoms in total. The van der Waals surface area contributed by atoms with Crippen molar-refractivity contribution in [3.63, 3.8) is 0 Å². The van der Waals surface area contributed by atoms with Crippen LogP contribution in [0.4, 0.5) is 11.4 Å². The topological polar surface area (TPSA) is 110 Å². The van der Waals surface area contributed by atoms with Gasteiger partial charge in [0.2, 0.25) is 0 Å². The zero-order valence-electron chi connectivity index (χ0n) is 15.6. The Hall–Kier alpha value is -3.41. The second kappa shape index (κ2) is 8.31. The molecular formula is C21H18ClN3O4. The lowest BCUT2D eigenvalue weighted by atomic mass is 10.0. The predicted molar refractivity (Wildman–Crippen MR) is 110 cm³/mol. The largest absolute Gasteiger partial charge is 0.361 e. The molecule has 0 atom stereocenters. The first-order valence-electron chi connectivity index (χ1n) is 8.89. The van der Waals surface area contributed by atoms with Crippen molar-refractivity contribution < 1.29 is 19.2 Å². The third-order valence-corrected chi connectivity index (χ3v) is 4.92. The molecule has 0 fully saturated rings. The summed E-state index contributed by atoms with van der Waals surface area (Å²) in [5.41, 5.74) is 8.03. The minimum Gasteiger partial charge on any atom is -0.361 e. The fraction of sp³-hybridized carbons (Fsp3) is 0.190. The van der Waals surface area contributed by atoms with Crippen LogP contribution in [0.5, 0.6) is 0 Å². The van der Waals surface area contributed by atoms with Crippen molar-refractivity contribution in [2.75, 3.05) is 16.8 Å². The minimum absolute atomic E-state index is 0.244. The number of aryl methyl sites for hydroxylation is 1. The van der Waals surface area contributed by atoms with Crippen molar-refractivity contribution in [2.24, 2.45) is 5.73 Å². The molecule has 0 aliphatic carbocycles. The molecule has 2 aromatic rings. The van der Waals surface area contributed by atoms with Crippen LogP contribution in [0.2, 0.25) is 5.02 Å². The maximum Gasteiger partial charge on any atom is 0.313 e. The Bertz CT molecular complexity index is 1070. The van der Waals surface area contributed by atoms with E-state index in [1.807, 2.05) is 5.94 Å². The molecule has 0 saturated carbocycles. The molecule has 0 saturated heterocycles. The quantitative estimate of drug-likeness (QED) is 0.584. The first-order valence-corrected chi connectivity index (χ1v) is 9.27. The smallest absolute Gasteiger partial charge is 0.313 e. The second-order valence-corrected chi connectivity index (χ2v) is 7.09. The number of hydrogen-bond donors (Lipinski definition) is 2. The molecule has 1 heterocycles. The summed E-state index contributed by atoms with van der Waals surface area (Å²) in [7, 11) is 0. The molecular weight excluding hydrogens is 394 g/mol. The highest BCUT2D eigenvalue weighted by Gasteiger charge is 2.26. The lowest BCUT2D eigenvalue weighted by Gasteiger charge is -2.24. The molecule has 1 aliphatic rings. The first kappa shape index (κ1) is 20.3. The van der Waals surface area contributed by atoms with E-state index in [2.05, 4.69) is 5.32 Å². The number of carbonyl (C=O) groups is 3. The van der Waals surface area contributed by atoms with E-state index >= 15 is 0 Å². The first-order chi connectivity index (χ1) is 13.8. The number of nitrogens with zero attached hydrogens (tertiary/aromatic N) is 1. The van der Waals surface area contributed by atoms with Crippen LogP contribution >= 0.6 is 11.6 Å². The molecule has 2 aromatic carbocycles. The van der Waals surface area contributed by atoms with Gasteiger partial charge in [0, 0.05) is 34.0 Å². The van der Waals surface area contributed by atoms with Crippen molar-refractivity contribution in [3.8, 4) is 0 Å². The van der Waals surface area contributed by atoms with E-state index < -0.39 is 11.8 Å². The van der Waals surface area contributed by atoms with Gasteiger partial charge in [0.25, 0.3) is 5.91 Å². The summed E-state index contributed by atoms with van der Waals surface area (Å²) in [4.78, 5) is 48.6. The third kappa shape index (κ3) is 4.21. The number of amides is 3. The van der Waals surface area contributed by atoms with Gasteiger partial charge in [0.15, 0.2) is 0 Å². The second-order valence-electron chi connectivity index (χ2n) is 6.65. The van der Waals surface area contributed by atoms with Gasteiger partial charge in [-0.05, 0) is 61.7 Å². The number of rotatable bonds is 2. The van der Waals surface area contributed by atoms with Crippen LogP contribution in [-0.4, -0.2) is 30.2 Å². The Balaban J connectivity index is 1.97. The number of allylic oxidation sites excluding steroid dienone is 1. The van der Waals surface area contributed by atoms with Crippen LogP contribution < -0.4 is 16.0 Å². The fourth-order valence-electron chi connectivity index (χ4n) is 3.29. The van der Waals surface area contributed by atoms with Crippen LogP contribution in [0.25, 0.3) is 5.57 Å². The van der Waals surface area contributed by atoms with Crippen LogP contribution in [0.3, 0.4) is 0 Å². The van der Waals surface area contributed by atoms with Gasteiger partial charge in [0.1, 0.15) is 5.94 Å². The molecule has 0 aromatic heterocycles. The molecule has 1 aliphatic heterocycles. The summed E-state index contributed by atoms with van der Waals surface area (Å²) in [6, 6.07) is 9.74. The maximum absolute atomic E-state index is 13.3. The average Bonchev–Trinajstić information content (AvgIpc) is 2.86. The van der Waals surface area contributed by atoms with Crippen LogP contribution in [-0.2, 0) is 14.4 Å². The van der Waals surface area contributed by atoms with Gasteiger partial charge in [-0.3, -0.25) is 14.4 Å². The normalized spacial score (nSPS) is 13.2. The summed E-state index contributed by atoms with van der Waals surface area (Å²) in [6.07, 6.45) is 1.10. The molecule has 148 valence electrons. The monoisotopic (exact) mass is 411 g/mol. The molecule has 8 heteroatoms. The van der Waals surface area contributed by atoms with Crippen molar-refractivity contribution >= 4 is 52.2 Å². The average molecular weight is 412 g/mol. The van der Waals surface area contributed by atoms with Crippen molar-refractivity contribution in [1.82, 2.24) is 0 Å². The molecule has 29 heavy (non-hydrogen) atoms. The van der Waals surface area contributed by atoms with Gasteiger partial charge in [-0.25, -0.2) is 4.79 Å². The van der Waals surface area contributed by atoms with E-state index in [9.17, 15) is 19.2 Å². The zero-order chi connectivity index (χ0) is 21.1. The highest BCUT2D eigenvalue weighted by atomic mass is 35.5. The van der Waals surface area contributed by atoms with Gasteiger partial charge in [-0.2, -0.15) is 0 Å². The minimum atomic E-state index is -1.10. The standard InChI is InChI=1S/C21H18ClN3O4/c1-12-9-15(24-20(28)19(23)27)5-6-16(12)21(29)25-8-2-3-13(11-26)17-10-14(22)4-7-18(17)25/h4-7,9-10H,2-3,8H2,1H3,(H2,23,27)(H,24,28). The number of hydrogen-bond acceptors (Lipinski definition) is 4. The molecule has 0 unspecified atom stereocenters. The number of nitrogens with two attached hydrogens (primary N) is 1. The van der Waals surface area contributed by atoms with Crippen molar-refractivity contribution in [3.05, 3.63) is 58.1 Å². The van der Waals surface area contributed by atoms with Gasteiger partial charge >= 0.3 is 11.8 Å². The van der Waals surface area contributed by atoms with E-state index in [0.29, 0.717) is 58.0 Å². The van der Waals surface area contributed by atoms with Crippen molar-refractivity contribution in [1.29, 1.82) is 0 Å². The lowest BCUT2D eigenvalue weighted by molar-refractivity contribution is -0.134. The number of nitrogens with one attached hydrogen (secondary N) is 1. The Morgan fingerprint density at radius 2 is 1.93 bits per heavy atom. The molecule has 0 spiro atoms. The molecule has 3 amide bonds. The molecule has 3 rings (SSSR count). The van der Waals surface area contributed by atoms with E-state index in [1.54, 1.807) is 42.2 Å². The Morgan fingerprint density at radius 1 is 1.17 bits per heavy atom. The van der Waals surface area contributed by atoms with E-state index in [4.69, 9.17) is 17.3 Å². The van der Waals surface area contributed by atoms with Crippen molar-refractivity contribution in [2.45, 2.75) is 19.8 Å². The van der Waals surface area contributed by atoms with E-state index in [1.165, 1.54) is 6.07 Å². The zero-order valence-corrected chi connectivity index (χ0v) is 16.4. The van der Waals surface area contributed by atoms with E-state index in [-0.39, 0.29) is 5.91 Å². The lowest BCUT2D eigenvalue weighted by Crippen LogP contribution is -2.32. The fourth-order valence-corrected chi connectivity index (χ4v) is 3.46. The molecule has 3 N–H and O–H groups in total. The molecule has 0 radical (unpaired) electrons. The summed E-state index contributed by atoms with van der Waals surface area (Å²) in [6.45, 7) is 2.16. The number of anilines is 2. The number of fused-ring (bicyclic) bond motifs is 1. The molecule has 0 bridgehead atoms. The van der Waals surface area contributed by atoms with Crippen LogP contribution in [0, 0.1) is 6.92 Å². The van der Waals surface area contributed by atoms with Gasteiger partial charge in [-0.15, -0.1) is 0 Å². The van der Waals surface area contributed by atoms with Gasteiger partial charge in [0.05, 0.1) is 5.69 Å². The Morgan fingerprint density at radius 3 is 2.59 bits per heavy atom. The summed E-state index contributed by atoms with van der Waals surface area (Å²) in [5, 5.41) is 2.84. The number of carbonyl (C=O) groups excluding carboxylic acids is 4. The number of benzene rings is 2. The SMILES string of the molecule is Cc1cc(NC(=O)C(N)=O)ccc1C(=O)N1CCCC(=C=O)c2cc(Cl)ccc21.